The molecule has 0 saturated carbocycles. The van der Waals surface area contributed by atoms with Gasteiger partial charge >= 0.3 is 0 Å². The maximum absolute atomic E-state index is 13.8. The number of carbonyl (C=O) groups excluding carboxylic acids is 2. The number of amides is 1. The topological polar surface area (TPSA) is 135 Å². The molecule has 0 bridgehead atoms. The maximum Gasteiger partial charge on any atom is 0.276 e. The van der Waals surface area contributed by atoms with Crippen LogP contribution in [0.3, 0.4) is 0 Å². The van der Waals surface area contributed by atoms with Gasteiger partial charge in [-0.1, -0.05) is 6.07 Å². The van der Waals surface area contributed by atoms with Gasteiger partial charge in [-0.2, -0.15) is 0 Å². The van der Waals surface area contributed by atoms with Crippen LogP contribution in [0.5, 0.6) is 5.75 Å². The number of aryl methyl sites for hydroxylation is 1. The molecule has 9 nitrogen and oxygen atoms in total. The Labute approximate surface area is 224 Å². The largest absolute Gasteiger partial charge is 0.497 e. The summed E-state index contributed by atoms with van der Waals surface area (Å²) in [6.45, 7) is 3.19. The van der Waals surface area contributed by atoms with Gasteiger partial charge in [0.2, 0.25) is 9.84 Å². The zero-order valence-electron chi connectivity index (χ0n) is 20.8. The number of sulfone groups is 1. The van der Waals surface area contributed by atoms with E-state index in [0.717, 1.165) is 4.88 Å². The van der Waals surface area contributed by atoms with Crippen molar-refractivity contribution < 1.29 is 28.0 Å². The van der Waals surface area contributed by atoms with E-state index in [1.807, 2.05) is 0 Å². The van der Waals surface area contributed by atoms with E-state index < -0.39 is 21.1 Å². The highest BCUT2D eigenvalue weighted by Crippen LogP contribution is 2.37. The van der Waals surface area contributed by atoms with Crippen molar-refractivity contribution in [3.05, 3.63) is 94.6 Å². The zero-order chi connectivity index (χ0) is 27.4. The Bertz CT molecular complexity index is 1580. The normalized spacial score (nSPS) is 12.0. The summed E-state index contributed by atoms with van der Waals surface area (Å²) in [6.07, 6.45) is 2.96. The number of nitrogens with zero attached hydrogens (tertiary/aromatic N) is 1. The van der Waals surface area contributed by atoms with E-state index in [0.29, 0.717) is 27.3 Å². The summed E-state index contributed by atoms with van der Waals surface area (Å²) in [4.78, 5) is 30.0. The average Bonchev–Trinajstić information content (AvgIpc) is 3.43. The van der Waals surface area contributed by atoms with E-state index in [4.69, 9.17) is 4.74 Å². The lowest BCUT2D eigenvalue weighted by Crippen LogP contribution is -2.26. The van der Waals surface area contributed by atoms with Crippen molar-refractivity contribution in [1.82, 2.24) is 10.5 Å². The molecule has 0 aliphatic rings. The van der Waals surface area contributed by atoms with Crippen molar-refractivity contribution in [2.45, 2.75) is 24.1 Å². The molecule has 1 amide bonds. The van der Waals surface area contributed by atoms with Gasteiger partial charge in [-0.15, -0.1) is 11.3 Å². The summed E-state index contributed by atoms with van der Waals surface area (Å²) in [7, 11) is -2.56. The summed E-state index contributed by atoms with van der Waals surface area (Å²) in [6, 6.07) is 16.0. The first kappa shape index (κ1) is 27.0. The quantitative estimate of drug-likeness (QED) is 0.150. The van der Waals surface area contributed by atoms with Gasteiger partial charge in [-0.25, -0.2) is 13.9 Å². The lowest BCUT2D eigenvalue weighted by atomic mass is 10.0. The number of rotatable bonds is 9. The van der Waals surface area contributed by atoms with Crippen LogP contribution < -0.4 is 15.5 Å². The smallest absolute Gasteiger partial charge is 0.276 e. The number of ketones is 1. The van der Waals surface area contributed by atoms with Crippen LogP contribution in [0, 0.1) is 6.92 Å². The average molecular weight is 552 g/mol. The molecule has 0 radical (unpaired) electrons. The minimum Gasteiger partial charge on any atom is -0.497 e. The molecule has 11 heteroatoms. The lowest BCUT2D eigenvalue weighted by Gasteiger charge is -2.24. The molecule has 0 spiro atoms. The Morgan fingerprint density at radius 3 is 2.39 bits per heavy atom. The highest BCUT2D eigenvalue weighted by Gasteiger charge is 2.31. The molecule has 2 aromatic heterocycles. The minimum absolute atomic E-state index is 0.0269. The van der Waals surface area contributed by atoms with Crippen molar-refractivity contribution in [2.75, 3.05) is 12.4 Å². The second-order valence-electron chi connectivity index (χ2n) is 8.41. The van der Waals surface area contributed by atoms with Gasteiger partial charge in [-0.3, -0.25) is 19.8 Å². The number of anilines is 1. The number of hydrogen-bond donors (Lipinski definition) is 3. The minimum atomic E-state index is -4.05. The van der Waals surface area contributed by atoms with E-state index >= 15 is 0 Å². The van der Waals surface area contributed by atoms with E-state index in [1.165, 1.54) is 56.0 Å². The Morgan fingerprint density at radius 2 is 1.82 bits per heavy atom. The first-order valence-corrected chi connectivity index (χ1v) is 13.8. The number of aromatic nitrogens is 1. The number of ether oxygens (including phenoxy) is 1. The fourth-order valence-electron chi connectivity index (χ4n) is 3.95. The Kier molecular flexibility index (Phi) is 7.91. The van der Waals surface area contributed by atoms with Gasteiger partial charge in [0, 0.05) is 22.8 Å². The Hall–Kier alpha value is -4.06. The fourth-order valence-corrected chi connectivity index (χ4v) is 6.39. The molecule has 0 aliphatic heterocycles. The third-order valence-electron chi connectivity index (χ3n) is 5.88. The monoisotopic (exact) mass is 551 g/mol. The predicted octanol–water partition coefficient (Wildman–Crippen LogP) is 5.03. The number of carbonyl (C=O) groups is 2. The van der Waals surface area contributed by atoms with Gasteiger partial charge in [-0.05, 0) is 79.6 Å². The van der Waals surface area contributed by atoms with Crippen LogP contribution >= 0.6 is 11.3 Å². The van der Waals surface area contributed by atoms with Crippen molar-refractivity contribution in [1.29, 1.82) is 0 Å². The van der Waals surface area contributed by atoms with Crippen molar-refractivity contribution in [2.24, 2.45) is 0 Å². The fraction of sp³-hybridized carbons (Fsp3) is 0.148. The molecular weight excluding hydrogens is 526 g/mol. The molecule has 196 valence electrons. The number of nitrogens with one attached hydrogen (secondary N) is 2. The molecule has 2 heterocycles. The van der Waals surface area contributed by atoms with E-state index in [-0.39, 0.29) is 21.9 Å². The number of methoxy groups -OCH3 is 1. The Balaban J connectivity index is 1.84. The number of pyridine rings is 1. The molecule has 4 rings (SSSR count). The van der Waals surface area contributed by atoms with Crippen LogP contribution in [-0.2, 0) is 9.84 Å². The number of hydroxylamine groups is 1. The molecule has 1 unspecified atom stereocenters. The molecule has 2 aromatic carbocycles. The molecule has 0 saturated heterocycles. The van der Waals surface area contributed by atoms with Gasteiger partial charge in [0.05, 0.1) is 28.1 Å². The summed E-state index contributed by atoms with van der Waals surface area (Å²) in [5.74, 6) is -0.398. The molecule has 1 atom stereocenters. The summed E-state index contributed by atoms with van der Waals surface area (Å²) < 4.78 is 32.8. The molecule has 0 aliphatic carbocycles. The van der Waals surface area contributed by atoms with Gasteiger partial charge in [0.25, 0.3) is 5.91 Å². The van der Waals surface area contributed by atoms with Crippen molar-refractivity contribution in [3.63, 3.8) is 0 Å². The lowest BCUT2D eigenvalue weighted by molar-refractivity contribution is 0.0707. The van der Waals surface area contributed by atoms with Gasteiger partial charge in [0.15, 0.2) is 11.2 Å². The van der Waals surface area contributed by atoms with Crippen molar-refractivity contribution >= 4 is 38.6 Å². The molecular formula is C27H25N3O6S2. The summed E-state index contributed by atoms with van der Waals surface area (Å²) in [5, 5.41) is 11.2. The number of Topliss-reactive ketones (excluding diaryl/α,β-unsaturated/α-hetero) is 1. The molecule has 4 aromatic rings. The third kappa shape index (κ3) is 5.44. The SMILES string of the molecule is COc1ccc(S(=O)(=O)C(Nc2c(C)cc(-c3ccc(C(C)=O)s3)cc2C(=O)NO)c2cccnc2)cc1. The van der Waals surface area contributed by atoms with E-state index in [1.54, 1.807) is 54.9 Å². The van der Waals surface area contributed by atoms with Crippen LogP contribution in [0.1, 0.15) is 43.5 Å². The van der Waals surface area contributed by atoms with Gasteiger partial charge < -0.3 is 10.1 Å². The van der Waals surface area contributed by atoms with Crippen LogP contribution in [0.2, 0.25) is 0 Å². The van der Waals surface area contributed by atoms with Crippen LogP contribution in [-0.4, -0.2) is 37.4 Å². The third-order valence-corrected chi connectivity index (χ3v) is 9.06. The molecule has 3 N–H and O–H groups in total. The summed E-state index contributed by atoms with van der Waals surface area (Å²) in [5.41, 5.74) is 3.43. The van der Waals surface area contributed by atoms with Crippen LogP contribution in [0.25, 0.3) is 10.4 Å². The standard InChI is InChI=1S/C27H25N3O6S2/c1-16-13-19(24-11-10-23(37-24)17(2)31)14-22(26(32)30-33)25(16)29-27(18-5-4-12-28-15-18)38(34,35)21-8-6-20(36-3)7-9-21/h4-15,27,29,33H,1-3H3,(H,30,32). The second kappa shape index (κ2) is 11.1. The van der Waals surface area contributed by atoms with Gasteiger partial charge in [0.1, 0.15) is 5.75 Å². The van der Waals surface area contributed by atoms with E-state index in [2.05, 4.69) is 10.3 Å². The second-order valence-corrected chi connectivity index (χ2v) is 11.5. The maximum atomic E-state index is 13.8. The Morgan fingerprint density at radius 1 is 1.08 bits per heavy atom. The highest BCUT2D eigenvalue weighted by atomic mass is 32.2. The predicted molar refractivity (Wildman–Crippen MR) is 145 cm³/mol. The number of benzene rings is 2. The van der Waals surface area contributed by atoms with Crippen LogP contribution in [0.15, 0.2) is 78.0 Å². The number of hydrogen-bond acceptors (Lipinski definition) is 9. The first-order valence-electron chi connectivity index (χ1n) is 11.4. The van der Waals surface area contributed by atoms with Crippen molar-refractivity contribution in [3.8, 4) is 16.2 Å². The number of thiophene rings is 1. The summed E-state index contributed by atoms with van der Waals surface area (Å²) >= 11 is 1.27. The zero-order valence-corrected chi connectivity index (χ0v) is 22.4. The molecule has 38 heavy (non-hydrogen) atoms. The van der Waals surface area contributed by atoms with Crippen LogP contribution in [0.4, 0.5) is 5.69 Å². The molecule has 0 fully saturated rings. The van der Waals surface area contributed by atoms with E-state index in [9.17, 15) is 23.2 Å². The first-order chi connectivity index (χ1) is 18.1. The highest BCUT2D eigenvalue weighted by molar-refractivity contribution is 7.91.